The van der Waals surface area contributed by atoms with Crippen molar-refractivity contribution in [3.8, 4) is 0 Å². The third-order valence-corrected chi connectivity index (χ3v) is 8.11. The van der Waals surface area contributed by atoms with Crippen LogP contribution in [0.3, 0.4) is 0 Å². The van der Waals surface area contributed by atoms with E-state index in [-0.39, 0.29) is 41.1 Å². The fraction of sp³-hybridized carbons (Fsp3) is 0.591. The summed E-state index contributed by atoms with van der Waals surface area (Å²) in [6, 6.07) is 5.02. The van der Waals surface area contributed by atoms with Crippen molar-refractivity contribution in [3.05, 3.63) is 23.8 Å². The standard InChI is InChI=1S/C22H31N3O5S2/c1-5-24-19-8-7-16(21(27)30-6-2)11-18(19)23-22(24)31-13-20(26)25(12-15(3)4)17-9-10-32(28,29)14-17/h7-8,11,15,17H,5-6,9-10,12-14H2,1-4H3. The van der Waals surface area contributed by atoms with E-state index in [2.05, 4.69) is 4.98 Å². The quantitative estimate of drug-likeness (QED) is 0.401. The largest absolute Gasteiger partial charge is 0.462 e. The molecular formula is C22H31N3O5S2. The molecule has 1 atom stereocenters. The summed E-state index contributed by atoms with van der Waals surface area (Å²) in [7, 11) is -3.08. The molecule has 1 fully saturated rings. The molecule has 10 heteroatoms. The number of benzene rings is 1. The first-order chi connectivity index (χ1) is 15.1. The van der Waals surface area contributed by atoms with Crippen molar-refractivity contribution in [2.24, 2.45) is 5.92 Å². The second-order valence-corrected chi connectivity index (χ2v) is 11.5. The van der Waals surface area contributed by atoms with E-state index >= 15 is 0 Å². The molecular weight excluding hydrogens is 450 g/mol. The predicted octanol–water partition coefficient (Wildman–Crippen LogP) is 3.00. The van der Waals surface area contributed by atoms with Crippen LogP contribution in [0.2, 0.25) is 0 Å². The number of carbonyl (C=O) groups excluding carboxylic acids is 2. The van der Waals surface area contributed by atoms with Gasteiger partial charge in [0, 0.05) is 19.1 Å². The number of fused-ring (bicyclic) bond motifs is 1. The Kier molecular flexibility index (Phi) is 7.87. The molecule has 2 aromatic rings. The Hall–Kier alpha value is -2.07. The number of nitrogens with zero attached hydrogens (tertiary/aromatic N) is 3. The second kappa shape index (κ2) is 10.2. The van der Waals surface area contributed by atoms with Crippen molar-refractivity contribution < 1.29 is 22.7 Å². The number of hydrogen-bond acceptors (Lipinski definition) is 7. The van der Waals surface area contributed by atoms with Crippen LogP contribution in [0.4, 0.5) is 0 Å². The molecule has 8 nitrogen and oxygen atoms in total. The molecule has 1 saturated heterocycles. The van der Waals surface area contributed by atoms with Gasteiger partial charge in [0.1, 0.15) is 0 Å². The van der Waals surface area contributed by atoms with Crippen LogP contribution in [0, 0.1) is 5.92 Å². The van der Waals surface area contributed by atoms with E-state index in [1.807, 2.05) is 31.4 Å². The lowest BCUT2D eigenvalue weighted by atomic mass is 10.1. The molecule has 1 aliphatic heterocycles. The number of thioether (sulfide) groups is 1. The fourth-order valence-electron chi connectivity index (χ4n) is 3.94. The zero-order valence-electron chi connectivity index (χ0n) is 19.0. The van der Waals surface area contributed by atoms with Gasteiger partial charge in [-0.2, -0.15) is 0 Å². The van der Waals surface area contributed by atoms with E-state index in [9.17, 15) is 18.0 Å². The van der Waals surface area contributed by atoms with Crippen molar-refractivity contribution in [3.63, 3.8) is 0 Å². The molecule has 0 radical (unpaired) electrons. The molecule has 0 saturated carbocycles. The molecule has 0 bridgehead atoms. The average Bonchev–Trinajstić information content (AvgIpc) is 3.28. The normalized spacial score (nSPS) is 17.7. The van der Waals surface area contributed by atoms with Gasteiger partial charge in [-0.05, 0) is 44.4 Å². The topological polar surface area (TPSA) is 98.6 Å². The Bertz CT molecular complexity index is 1090. The van der Waals surface area contributed by atoms with Crippen LogP contribution in [0.15, 0.2) is 23.4 Å². The van der Waals surface area contributed by atoms with Crippen LogP contribution in [0.25, 0.3) is 11.0 Å². The Morgan fingerprint density at radius 2 is 2.06 bits per heavy atom. The summed E-state index contributed by atoms with van der Waals surface area (Å²) in [6.45, 7) is 9.31. The number of imidazole rings is 1. The number of amides is 1. The first-order valence-electron chi connectivity index (χ1n) is 10.9. The highest BCUT2D eigenvalue weighted by atomic mass is 32.2. The van der Waals surface area contributed by atoms with Crippen molar-refractivity contribution in [2.45, 2.75) is 51.9 Å². The lowest BCUT2D eigenvalue weighted by molar-refractivity contribution is -0.130. The van der Waals surface area contributed by atoms with Gasteiger partial charge >= 0.3 is 5.97 Å². The van der Waals surface area contributed by atoms with Gasteiger partial charge in [-0.3, -0.25) is 4.79 Å². The van der Waals surface area contributed by atoms with Crippen LogP contribution >= 0.6 is 11.8 Å². The lowest BCUT2D eigenvalue weighted by Gasteiger charge is -2.29. The SMILES string of the molecule is CCOC(=O)c1ccc2c(c1)nc(SCC(=O)N(CC(C)C)C1CCS(=O)(=O)C1)n2CC. The molecule has 1 amide bonds. The number of ether oxygens (including phenoxy) is 1. The van der Waals surface area contributed by atoms with Gasteiger partial charge in [0.2, 0.25) is 5.91 Å². The van der Waals surface area contributed by atoms with E-state index in [1.54, 1.807) is 24.0 Å². The summed E-state index contributed by atoms with van der Waals surface area (Å²) < 4.78 is 31.0. The number of sulfone groups is 1. The van der Waals surface area contributed by atoms with Crippen molar-refractivity contribution in [2.75, 3.05) is 30.4 Å². The van der Waals surface area contributed by atoms with E-state index in [0.29, 0.717) is 42.4 Å². The Labute approximate surface area is 193 Å². The van der Waals surface area contributed by atoms with Crippen LogP contribution in [0.1, 0.15) is 44.5 Å². The molecule has 0 spiro atoms. The van der Waals surface area contributed by atoms with E-state index < -0.39 is 9.84 Å². The Morgan fingerprint density at radius 1 is 1.31 bits per heavy atom. The second-order valence-electron chi connectivity index (χ2n) is 8.35. The molecule has 2 heterocycles. The first kappa shape index (κ1) is 24.6. The number of esters is 1. The predicted molar refractivity (Wildman–Crippen MR) is 126 cm³/mol. The van der Waals surface area contributed by atoms with Gasteiger partial charge in [0.05, 0.1) is 40.5 Å². The molecule has 1 aromatic carbocycles. The van der Waals surface area contributed by atoms with Crippen molar-refractivity contribution in [1.29, 1.82) is 0 Å². The summed E-state index contributed by atoms with van der Waals surface area (Å²) >= 11 is 1.34. The molecule has 1 aromatic heterocycles. The fourth-order valence-corrected chi connectivity index (χ4v) is 6.64. The molecule has 1 unspecified atom stereocenters. The van der Waals surface area contributed by atoms with Crippen LogP contribution in [-0.2, 0) is 25.9 Å². The highest BCUT2D eigenvalue weighted by Crippen LogP contribution is 2.27. The van der Waals surface area contributed by atoms with Gasteiger partial charge in [-0.25, -0.2) is 18.2 Å². The summed E-state index contributed by atoms with van der Waals surface area (Å²) in [4.78, 5) is 31.5. The minimum atomic E-state index is -3.08. The first-order valence-corrected chi connectivity index (χ1v) is 13.8. The van der Waals surface area contributed by atoms with E-state index in [0.717, 1.165) is 5.52 Å². The zero-order chi connectivity index (χ0) is 23.5. The van der Waals surface area contributed by atoms with E-state index in [4.69, 9.17) is 4.74 Å². The summed E-state index contributed by atoms with van der Waals surface area (Å²) in [5.41, 5.74) is 2.00. The average molecular weight is 482 g/mol. The maximum Gasteiger partial charge on any atom is 0.338 e. The molecule has 3 rings (SSSR count). The zero-order valence-corrected chi connectivity index (χ0v) is 20.7. The third kappa shape index (κ3) is 5.64. The number of hydrogen-bond donors (Lipinski definition) is 0. The number of carbonyl (C=O) groups is 2. The smallest absolute Gasteiger partial charge is 0.338 e. The summed E-state index contributed by atoms with van der Waals surface area (Å²) in [5, 5.41) is 0.695. The van der Waals surface area contributed by atoms with Gasteiger partial charge in [0.15, 0.2) is 15.0 Å². The maximum atomic E-state index is 13.1. The lowest BCUT2D eigenvalue weighted by Crippen LogP contribution is -2.44. The highest BCUT2D eigenvalue weighted by molar-refractivity contribution is 7.99. The van der Waals surface area contributed by atoms with Crippen molar-refractivity contribution >= 4 is 44.5 Å². The Balaban J connectivity index is 1.78. The van der Waals surface area contributed by atoms with Gasteiger partial charge in [-0.1, -0.05) is 25.6 Å². The van der Waals surface area contributed by atoms with Crippen LogP contribution in [-0.4, -0.2) is 71.2 Å². The van der Waals surface area contributed by atoms with Crippen molar-refractivity contribution in [1.82, 2.24) is 14.5 Å². The van der Waals surface area contributed by atoms with Gasteiger partial charge in [-0.15, -0.1) is 0 Å². The van der Waals surface area contributed by atoms with Crippen LogP contribution in [0.5, 0.6) is 0 Å². The number of aromatic nitrogens is 2. The maximum absolute atomic E-state index is 13.1. The summed E-state index contributed by atoms with van der Waals surface area (Å²) in [5.74, 6) is 0.140. The molecule has 0 N–H and O–H groups in total. The third-order valence-electron chi connectivity index (χ3n) is 5.40. The minimum Gasteiger partial charge on any atom is -0.462 e. The van der Waals surface area contributed by atoms with E-state index in [1.165, 1.54) is 11.8 Å². The summed E-state index contributed by atoms with van der Waals surface area (Å²) in [6.07, 6.45) is 0.496. The number of aryl methyl sites for hydroxylation is 1. The van der Waals surface area contributed by atoms with Crippen LogP contribution < -0.4 is 0 Å². The minimum absolute atomic E-state index is 0.0419. The number of rotatable bonds is 9. The monoisotopic (exact) mass is 481 g/mol. The molecule has 0 aliphatic carbocycles. The molecule has 32 heavy (non-hydrogen) atoms. The van der Waals surface area contributed by atoms with Gasteiger partial charge < -0.3 is 14.2 Å². The van der Waals surface area contributed by atoms with Gasteiger partial charge in [0.25, 0.3) is 0 Å². The Morgan fingerprint density at radius 3 is 2.66 bits per heavy atom. The molecule has 1 aliphatic rings. The molecule has 176 valence electrons. The highest BCUT2D eigenvalue weighted by Gasteiger charge is 2.34.